The zero-order valence-electron chi connectivity index (χ0n) is 8.94. The molecule has 17 heavy (non-hydrogen) atoms. The first-order valence-electron chi connectivity index (χ1n) is 5.30. The number of hydrogen-bond acceptors (Lipinski definition) is 2. The second kappa shape index (κ2) is 4.13. The molecule has 0 aliphatic rings. The lowest BCUT2D eigenvalue weighted by Crippen LogP contribution is -1.96. The summed E-state index contributed by atoms with van der Waals surface area (Å²) in [6.07, 6.45) is 0. The lowest BCUT2D eigenvalue weighted by atomic mass is 10.2. The van der Waals surface area contributed by atoms with Crippen molar-refractivity contribution >= 4 is 43.8 Å². The van der Waals surface area contributed by atoms with Crippen LogP contribution in [-0.2, 0) is 5.88 Å². The van der Waals surface area contributed by atoms with E-state index in [9.17, 15) is 4.79 Å². The van der Waals surface area contributed by atoms with Crippen LogP contribution in [0.5, 0.6) is 0 Å². The Hall–Kier alpha value is -1.38. The van der Waals surface area contributed by atoms with Gasteiger partial charge in [-0.25, -0.2) is 0 Å². The van der Waals surface area contributed by atoms with Crippen LogP contribution in [-0.4, -0.2) is 0 Å². The van der Waals surface area contributed by atoms with E-state index in [0.29, 0.717) is 5.88 Å². The first-order chi connectivity index (χ1) is 8.29. The highest BCUT2D eigenvalue weighted by Crippen LogP contribution is 2.25. The first kappa shape index (κ1) is 10.8. The molecule has 0 aliphatic carbocycles. The molecule has 0 spiro atoms. The fourth-order valence-electron chi connectivity index (χ4n) is 1.98. The van der Waals surface area contributed by atoms with Gasteiger partial charge >= 0.3 is 0 Å². The molecule has 84 valence electrons. The van der Waals surface area contributed by atoms with Crippen LogP contribution in [0.3, 0.4) is 0 Å². The molecule has 0 bridgehead atoms. The van der Waals surface area contributed by atoms with E-state index >= 15 is 0 Å². The van der Waals surface area contributed by atoms with Crippen LogP contribution in [0.1, 0.15) is 4.88 Å². The van der Waals surface area contributed by atoms with Gasteiger partial charge in [0.05, 0.1) is 5.88 Å². The van der Waals surface area contributed by atoms with E-state index in [1.165, 1.54) is 0 Å². The third-order valence-electron chi connectivity index (χ3n) is 2.81. The smallest absolute Gasteiger partial charge is 0.195 e. The Balaban J connectivity index is 2.55. The summed E-state index contributed by atoms with van der Waals surface area (Å²) in [7, 11) is 0. The van der Waals surface area contributed by atoms with Gasteiger partial charge in [-0.3, -0.25) is 4.79 Å². The topological polar surface area (TPSA) is 17.1 Å². The highest BCUT2D eigenvalue weighted by Gasteiger charge is 2.05. The van der Waals surface area contributed by atoms with E-state index in [1.54, 1.807) is 11.3 Å². The van der Waals surface area contributed by atoms with Crippen LogP contribution in [0, 0.1) is 0 Å². The predicted molar refractivity (Wildman–Crippen MR) is 75.2 cm³/mol. The minimum Gasteiger partial charge on any atom is -0.289 e. The number of benzene rings is 1. The van der Waals surface area contributed by atoms with Gasteiger partial charge in [0, 0.05) is 20.3 Å². The monoisotopic (exact) mass is 260 g/mol. The summed E-state index contributed by atoms with van der Waals surface area (Å²) in [4.78, 5) is 13.4. The second-order valence-corrected chi connectivity index (χ2v) is 5.31. The summed E-state index contributed by atoms with van der Waals surface area (Å²) < 4.78 is 1.00. The Morgan fingerprint density at radius 1 is 1.06 bits per heavy atom. The van der Waals surface area contributed by atoms with E-state index < -0.39 is 0 Å². The van der Waals surface area contributed by atoms with Crippen molar-refractivity contribution in [1.82, 2.24) is 0 Å². The van der Waals surface area contributed by atoms with Crippen LogP contribution in [0.15, 0.2) is 47.3 Å². The highest BCUT2D eigenvalue weighted by atomic mass is 35.5. The maximum atomic E-state index is 12.4. The van der Waals surface area contributed by atoms with Crippen molar-refractivity contribution in [3.05, 3.63) is 57.6 Å². The molecule has 2 aromatic carbocycles. The Morgan fingerprint density at radius 2 is 1.88 bits per heavy atom. The maximum Gasteiger partial charge on any atom is 0.195 e. The quantitative estimate of drug-likeness (QED) is 0.601. The van der Waals surface area contributed by atoms with E-state index in [1.807, 2.05) is 42.5 Å². The van der Waals surface area contributed by atoms with Crippen molar-refractivity contribution in [3.63, 3.8) is 0 Å². The number of alkyl halides is 1. The predicted octanol–water partition coefficient (Wildman–Crippen LogP) is 4.15. The molecule has 3 rings (SSSR count). The summed E-state index contributed by atoms with van der Waals surface area (Å²) in [6, 6.07) is 13.6. The first-order valence-corrected chi connectivity index (χ1v) is 6.65. The molecule has 3 aromatic rings. The van der Waals surface area contributed by atoms with Crippen LogP contribution in [0.4, 0.5) is 0 Å². The van der Waals surface area contributed by atoms with E-state index in [0.717, 1.165) is 25.7 Å². The molecular formula is C14H9ClOS. The molecule has 0 radical (unpaired) electrons. The average molecular weight is 261 g/mol. The van der Waals surface area contributed by atoms with Crippen molar-refractivity contribution < 1.29 is 0 Å². The van der Waals surface area contributed by atoms with Crippen LogP contribution in [0.25, 0.3) is 20.9 Å². The van der Waals surface area contributed by atoms with Crippen molar-refractivity contribution in [2.75, 3.05) is 0 Å². The molecule has 0 fully saturated rings. The van der Waals surface area contributed by atoms with Gasteiger partial charge in [-0.15, -0.1) is 22.9 Å². The van der Waals surface area contributed by atoms with Gasteiger partial charge in [-0.05, 0) is 17.5 Å². The fourth-order valence-corrected chi connectivity index (χ4v) is 3.14. The fraction of sp³-hybridized carbons (Fsp3) is 0.0714. The second-order valence-electron chi connectivity index (χ2n) is 3.87. The molecule has 0 amide bonds. The molecule has 1 aromatic heterocycles. The third-order valence-corrected chi connectivity index (χ3v) is 4.35. The van der Waals surface area contributed by atoms with Gasteiger partial charge in [0.15, 0.2) is 5.43 Å². The van der Waals surface area contributed by atoms with Gasteiger partial charge < -0.3 is 0 Å². The van der Waals surface area contributed by atoms with Crippen molar-refractivity contribution in [2.24, 2.45) is 0 Å². The molecular weight excluding hydrogens is 252 g/mol. The SMILES string of the molecule is O=c1c2ccccc2ccc2sc(CCl)cc12. The molecule has 3 heteroatoms. The zero-order valence-corrected chi connectivity index (χ0v) is 10.5. The van der Waals surface area contributed by atoms with Crippen molar-refractivity contribution in [2.45, 2.75) is 5.88 Å². The largest absolute Gasteiger partial charge is 0.289 e. The van der Waals surface area contributed by atoms with Crippen molar-refractivity contribution in [3.8, 4) is 0 Å². The Labute approximate surface area is 107 Å². The molecule has 0 saturated carbocycles. The zero-order chi connectivity index (χ0) is 11.8. The van der Waals surface area contributed by atoms with Crippen LogP contribution >= 0.6 is 22.9 Å². The molecule has 0 unspecified atom stereocenters. The summed E-state index contributed by atoms with van der Waals surface area (Å²) in [5.41, 5.74) is 0.0909. The molecule has 0 saturated heterocycles. The standard InChI is InChI=1S/C14H9ClOS/c15-8-10-7-12-13(17-10)6-5-9-3-1-2-4-11(9)14(12)16/h1-7H,8H2. The summed E-state index contributed by atoms with van der Waals surface area (Å²) in [6.45, 7) is 0. The lowest BCUT2D eigenvalue weighted by molar-refractivity contribution is 1.54. The number of fused-ring (bicyclic) bond motifs is 2. The summed E-state index contributed by atoms with van der Waals surface area (Å²) >= 11 is 7.39. The third kappa shape index (κ3) is 1.74. The number of thiophene rings is 1. The molecule has 1 heterocycles. The maximum absolute atomic E-state index is 12.4. The summed E-state index contributed by atoms with van der Waals surface area (Å²) in [5.74, 6) is 0.459. The van der Waals surface area contributed by atoms with Gasteiger partial charge in [0.1, 0.15) is 0 Å². The van der Waals surface area contributed by atoms with Gasteiger partial charge in [-0.2, -0.15) is 0 Å². The number of hydrogen-bond donors (Lipinski definition) is 0. The van der Waals surface area contributed by atoms with Gasteiger partial charge in [0.2, 0.25) is 0 Å². The molecule has 0 N–H and O–H groups in total. The Bertz CT molecular complexity index is 761. The van der Waals surface area contributed by atoms with E-state index in [4.69, 9.17) is 11.6 Å². The number of rotatable bonds is 1. The van der Waals surface area contributed by atoms with E-state index in [-0.39, 0.29) is 5.43 Å². The van der Waals surface area contributed by atoms with E-state index in [2.05, 4.69) is 0 Å². The summed E-state index contributed by atoms with van der Waals surface area (Å²) in [5, 5.41) is 2.52. The van der Waals surface area contributed by atoms with Crippen LogP contribution in [0.2, 0.25) is 0 Å². The minimum absolute atomic E-state index is 0.0909. The Morgan fingerprint density at radius 3 is 2.71 bits per heavy atom. The van der Waals surface area contributed by atoms with Crippen molar-refractivity contribution in [1.29, 1.82) is 0 Å². The molecule has 0 aliphatic heterocycles. The normalized spacial score (nSPS) is 11.1. The molecule has 1 nitrogen and oxygen atoms in total. The van der Waals surface area contributed by atoms with Gasteiger partial charge in [0.25, 0.3) is 0 Å². The average Bonchev–Trinajstić information content (AvgIpc) is 2.74. The van der Waals surface area contributed by atoms with Crippen LogP contribution < -0.4 is 5.43 Å². The van der Waals surface area contributed by atoms with Gasteiger partial charge in [-0.1, -0.05) is 30.3 Å². The highest BCUT2D eigenvalue weighted by molar-refractivity contribution is 7.19. The minimum atomic E-state index is 0.0909. The lowest BCUT2D eigenvalue weighted by Gasteiger charge is -1.88. The Kier molecular flexibility index (Phi) is 2.61. The number of halogens is 1. The molecule has 0 atom stereocenters.